The van der Waals surface area contributed by atoms with Gasteiger partial charge in [-0.15, -0.1) is 0 Å². The third kappa shape index (κ3) is 5.02. The molecule has 182 valence electrons. The number of methoxy groups -OCH3 is 1. The molecule has 0 saturated carbocycles. The van der Waals surface area contributed by atoms with Crippen LogP contribution in [0.3, 0.4) is 0 Å². The molecule has 0 bridgehead atoms. The van der Waals surface area contributed by atoms with Crippen LogP contribution in [0, 0.1) is 25.5 Å². The van der Waals surface area contributed by atoms with Crippen LogP contribution in [0.15, 0.2) is 54.7 Å². The van der Waals surface area contributed by atoms with E-state index in [4.69, 9.17) is 15.2 Å². The predicted molar refractivity (Wildman–Crippen MR) is 129 cm³/mol. The molecule has 0 fully saturated rings. The van der Waals surface area contributed by atoms with E-state index in [9.17, 15) is 13.6 Å². The van der Waals surface area contributed by atoms with Crippen molar-refractivity contribution < 1.29 is 23.0 Å². The summed E-state index contributed by atoms with van der Waals surface area (Å²) < 4.78 is 40.9. The van der Waals surface area contributed by atoms with Crippen molar-refractivity contribution in [2.24, 2.45) is 5.73 Å². The average molecular weight is 480 g/mol. The van der Waals surface area contributed by atoms with Crippen molar-refractivity contribution in [2.45, 2.75) is 32.8 Å². The standard InChI is InChI=1S/C27H27F2N3O3/c1-16-10-25(35-15-21-22(28)8-5-9-23(21)29)27-31-17(2)26(32(27)14-16)24(33)12-19(13-30)18-6-4-7-20(11-18)34-3/h4-11,14,19H,12-13,15,30H2,1-3H3. The number of nitrogens with two attached hydrogens (primary N) is 1. The number of ether oxygens (including phenoxy) is 2. The quantitative estimate of drug-likeness (QED) is 0.337. The largest absolute Gasteiger partial charge is 0.497 e. The number of hydrogen-bond acceptors (Lipinski definition) is 5. The van der Waals surface area contributed by atoms with E-state index in [0.29, 0.717) is 28.5 Å². The molecule has 1 unspecified atom stereocenters. The first-order valence-electron chi connectivity index (χ1n) is 11.2. The van der Waals surface area contributed by atoms with Gasteiger partial charge < -0.3 is 15.2 Å². The van der Waals surface area contributed by atoms with Crippen molar-refractivity contribution in [3.63, 3.8) is 0 Å². The van der Waals surface area contributed by atoms with E-state index in [1.807, 2.05) is 31.2 Å². The normalized spacial score (nSPS) is 12.1. The van der Waals surface area contributed by atoms with E-state index in [2.05, 4.69) is 4.98 Å². The number of hydrogen-bond donors (Lipinski definition) is 1. The van der Waals surface area contributed by atoms with Crippen molar-refractivity contribution in [1.29, 1.82) is 0 Å². The molecule has 4 rings (SSSR count). The van der Waals surface area contributed by atoms with Crippen LogP contribution in [0.2, 0.25) is 0 Å². The van der Waals surface area contributed by atoms with Crippen LogP contribution in [0.25, 0.3) is 5.65 Å². The lowest BCUT2D eigenvalue weighted by Gasteiger charge is -2.16. The number of benzene rings is 2. The number of pyridine rings is 1. The van der Waals surface area contributed by atoms with Gasteiger partial charge in [-0.3, -0.25) is 9.20 Å². The zero-order valence-corrected chi connectivity index (χ0v) is 19.8. The number of Topliss-reactive ketones (excluding diaryl/α,β-unsaturated/α-hetero) is 1. The molecule has 0 aliphatic rings. The van der Waals surface area contributed by atoms with E-state index >= 15 is 0 Å². The van der Waals surface area contributed by atoms with Crippen LogP contribution in [0.4, 0.5) is 8.78 Å². The van der Waals surface area contributed by atoms with Gasteiger partial charge in [-0.25, -0.2) is 13.8 Å². The molecular weight excluding hydrogens is 452 g/mol. The molecule has 1 atom stereocenters. The van der Waals surface area contributed by atoms with Gasteiger partial charge in [-0.05, 0) is 61.9 Å². The highest BCUT2D eigenvalue weighted by Gasteiger charge is 2.23. The number of nitrogens with zero attached hydrogens (tertiary/aromatic N) is 2. The van der Waals surface area contributed by atoms with E-state index in [0.717, 1.165) is 11.1 Å². The van der Waals surface area contributed by atoms with Gasteiger partial charge >= 0.3 is 0 Å². The van der Waals surface area contributed by atoms with Crippen molar-refractivity contribution >= 4 is 11.4 Å². The number of aromatic nitrogens is 2. The molecule has 2 aromatic heterocycles. The topological polar surface area (TPSA) is 78.9 Å². The molecule has 2 aromatic carbocycles. The van der Waals surface area contributed by atoms with Gasteiger partial charge in [0.25, 0.3) is 0 Å². The summed E-state index contributed by atoms with van der Waals surface area (Å²) in [6.07, 6.45) is 1.98. The third-order valence-electron chi connectivity index (χ3n) is 5.98. The molecule has 35 heavy (non-hydrogen) atoms. The van der Waals surface area contributed by atoms with Crippen LogP contribution in [0.5, 0.6) is 11.5 Å². The maximum Gasteiger partial charge on any atom is 0.182 e. The van der Waals surface area contributed by atoms with Gasteiger partial charge in [0.05, 0.1) is 18.4 Å². The summed E-state index contributed by atoms with van der Waals surface area (Å²) in [6.45, 7) is 3.57. The van der Waals surface area contributed by atoms with Gasteiger partial charge in [0.1, 0.15) is 29.7 Å². The summed E-state index contributed by atoms with van der Waals surface area (Å²) in [5.74, 6) is -0.665. The number of fused-ring (bicyclic) bond motifs is 1. The van der Waals surface area contributed by atoms with Crippen LogP contribution in [-0.2, 0) is 6.61 Å². The Balaban J connectivity index is 1.65. The lowest BCUT2D eigenvalue weighted by atomic mass is 9.92. The highest BCUT2D eigenvalue weighted by molar-refractivity contribution is 5.97. The molecule has 0 aliphatic heterocycles. The zero-order chi connectivity index (χ0) is 25.1. The first-order valence-corrected chi connectivity index (χ1v) is 11.2. The van der Waals surface area contributed by atoms with Gasteiger partial charge in [-0.1, -0.05) is 18.2 Å². The fraction of sp³-hybridized carbons (Fsp3) is 0.259. The Morgan fingerprint density at radius 3 is 2.51 bits per heavy atom. The second-order valence-corrected chi connectivity index (χ2v) is 8.45. The van der Waals surface area contributed by atoms with Gasteiger partial charge in [0.2, 0.25) is 0 Å². The van der Waals surface area contributed by atoms with E-state index < -0.39 is 11.6 Å². The number of halogens is 2. The predicted octanol–water partition coefficient (Wildman–Crippen LogP) is 5.13. The number of carbonyl (C=O) groups excluding carboxylic acids is 1. The van der Waals surface area contributed by atoms with E-state index in [1.165, 1.54) is 18.2 Å². The van der Waals surface area contributed by atoms with Crippen LogP contribution in [0.1, 0.15) is 45.2 Å². The van der Waals surface area contributed by atoms with Crippen LogP contribution >= 0.6 is 0 Å². The smallest absolute Gasteiger partial charge is 0.182 e. The number of aryl methyl sites for hydroxylation is 2. The summed E-state index contributed by atoms with van der Waals surface area (Å²) in [7, 11) is 1.59. The zero-order valence-electron chi connectivity index (χ0n) is 19.8. The Kier molecular flexibility index (Phi) is 7.12. The SMILES string of the molecule is COc1cccc(C(CN)CC(=O)c2c(C)nc3c(OCc4c(F)cccc4F)cc(C)cn23)c1. The Morgan fingerprint density at radius 2 is 1.83 bits per heavy atom. The van der Waals surface area contributed by atoms with Crippen LogP contribution in [-0.4, -0.2) is 28.8 Å². The number of ketones is 1. The second kappa shape index (κ2) is 10.2. The lowest BCUT2D eigenvalue weighted by molar-refractivity contribution is 0.0968. The lowest BCUT2D eigenvalue weighted by Crippen LogP contribution is -2.18. The molecular formula is C27H27F2N3O3. The molecule has 0 aliphatic carbocycles. The Morgan fingerprint density at radius 1 is 1.11 bits per heavy atom. The van der Waals surface area contributed by atoms with E-state index in [-0.39, 0.29) is 36.8 Å². The van der Waals surface area contributed by atoms with Gasteiger partial charge in [0, 0.05) is 18.5 Å². The highest BCUT2D eigenvalue weighted by Crippen LogP contribution is 2.29. The number of imidazole rings is 1. The fourth-order valence-corrected chi connectivity index (χ4v) is 4.17. The molecule has 8 heteroatoms. The Labute approximate surface area is 202 Å². The number of rotatable bonds is 9. The highest BCUT2D eigenvalue weighted by atomic mass is 19.1. The maximum atomic E-state index is 14.1. The number of carbonyl (C=O) groups is 1. The minimum atomic E-state index is -0.686. The van der Waals surface area contributed by atoms with Crippen molar-refractivity contribution in [3.8, 4) is 11.5 Å². The Bertz CT molecular complexity index is 1360. The molecule has 0 radical (unpaired) electrons. The molecule has 2 heterocycles. The third-order valence-corrected chi connectivity index (χ3v) is 5.98. The van der Waals surface area contributed by atoms with Crippen LogP contribution < -0.4 is 15.2 Å². The maximum absolute atomic E-state index is 14.1. The van der Waals surface area contributed by atoms with E-state index in [1.54, 1.807) is 30.7 Å². The summed E-state index contributed by atoms with van der Waals surface area (Å²) in [6, 6.07) is 12.9. The first-order chi connectivity index (χ1) is 16.8. The molecule has 0 amide bonds. The molecule has 0 spiro atoms. The van der Waals surface area contributed by atoms with Gasteiger partial charge in [0.15, 0.2) is 17.2 Å². The molecule has 4 aromatic rings. The fourth-order valence-electron chi connectivity index (χ4n) is 4.17. The minimum Gasteiger partial charge on any atom is -0.497 e. The van der Waals surface area contributed by atoms with Gasteiger partial charge in [-0.2, -0.15) is 0 Å². The van der Waals surface area contributed by atoms with Crippen molar-refractivity contribution in [1.82, 2.24) is 9.38 Å². The Hall–Kier alpha value is -3.78. The molecule has 0 saturated heterocycles. The van der Waals surface area contributed by atoms with Crippen molar-refractivity contribution in [2.75, 3.05) is 13.7 Å². The summed E-state index contributed by atoms with van der Waals surface area (Å²) in [4.78, 5) is 18.0. The summed E-state index contributed by atoms with van der Waals surface area (Å²) >= 11 is 0. The minimum absolute atomic E-state index is 0.120. The first kappa shape index (κ1) is 24.3. The molecule has 2 N–H and O–H groups in total. The molecule has 6 nitrogen and oxygen atoms in total. The second-order valence-electron chi connectivity index (χ2n) is 8.45. The summed E-state index contributed by atoms with van der Waals surface area (Å²) in [5, 5.41) is 0. The average Bonchev–Trinajstić information content (AvgIpc) is 3.17. The summed E-state index contributed by atoms with van der Waals surface area (Å²) in [5.41, 5.74) is 8.92. The van der Waals surface area contributed by atoms with Crippen molar-refractivity contribution in [3.05, 3.63) is 94.4 Å². The monoisotopic (exact) mass is 479 g/mol.